The van der Waals surface area contributed by atoms with E-state index in [4.69, 9.17) is 4.98 Å². The Hall–Kier alpha value is -3.38. The van der Waals surface area contributed by atoms with Crippen LogP contribution in [-0.4, -0.2) is 20.7 Å². The summed E-state index contributed by atoms with van der Waals surface area (Å²) in [6.45, 7) is 3.92. The largest absolute Gasteiger partial charge is 0.325 e. The molecule has 0 saturated carbocycles. The van der Waals surface area contributed by atoms with Gasteiger partial charge < -0.3 is 5.32 Å². The molecule has 1 amide bonds. The van der Waals surface area contributed by atoms with Crippen LogP contribution in [0.3, 0.4) is 0 Å². The van der Waals surface area contributed by atoms with Crippen molar-refractivity contribution in [1.82, 2.24) is 9.55 Å². The number of amides is 1. The van der Waals surface area contributed by atoms with E-state index in [0.29, 0.717) is 22.5 Å². The summed E-state index contributed by atoms with van der Waals surface area (Å²) >= 11 is 1.31. The fourth-order valence-electron chi connectivity index (χ4n) is 3.37. The van der Waals surface area contributed by atoms with Gasteiger partial charge in [-0.05, 0) is 49.2 Å². The molecule has 1 atom stereocenters. The van der Waals surface area contributed by atoms with Crippen molar-refractivity contribution in [3.05, 3.63) is 94.8 Å². The van der Waals surface area contributed by atoms with Crippen molar-refractivity contribution < 1.29 is 4.79 Å². The van der Waals surface area contributed by atoms with Crippen LogP contribution < -0.4 is 10.9 Å². The molecule has 4 rings (SSSR count). The number of thioether (sulfide) groups is 1. The second-order valence-electron chi connectivity index (χ2n) is 7.21. The van der Waals surface area contributed by atoms with Gasteiger partial charge in [-0.15, -0.1) is 0 Å². The Morgan fingerprint density at radius 3 is 2.42 bits per heavy atom. The summed E-state index contributed by atoms with van der Waals surface area (Å²) in [6.07, 6.45) is 0.597. The van der Waals surface area contributed by atoms with Gasteiger partial charge in [0.15, 0.2) is 5.16 Å². The van der Waals surface area contributed by atoms with Gasteiger partial charge in [0.1, 0.15) is 0 Å². The third kappa shape index (κ3) is 4.39. The molecular weight excluding hydrogens is 406 g/mol. The first kappa shape index (κ1) is 20.9. The van der Waals surface area contributed by atoms with Crippen LogP contribution in [0.15, 0.2) is 88.8 Å². The second kappa shape index (κ2) is 9.18. The van der Waals surface area contributed by atoms with Gasteiger partial charge in [0.25, 0.3) is 5.56 Å². The number of rotatable bonds is 6. The maximum atomic E-state index is 13.3. The standard InChI is InChI=1S/C25H23N3O2S/c1-3-22(23(29)26-20-15-9-7-11-17(20)2)31-25-27-21-16-10-8-14-19(21)24(30)28(25)18-12-5-4-6-13-18/h4-16,22H,3H2,1-2H3,(H,26,29). The van der Waals surface area contributed by atoms with Crippen LogP contribution in [0.4, 0.5) is 5.69 Å². The molecule has 156 valence electrons. The lowest BCUT2D eigenvalue weighted by molar-refractivity contribution is -0.115. The maximum absolute atomic E-state index is 13.3. The fourth-order valence-corrected chi connectivity index (χ4v) is 4.40. The zero-order valence-corrected chi connectivity index (χ0v) is 18.2. The molecule has 1 N–H and O–H groups in total. The van der Waals surface area contributed by atoms with Gasteiger partial charge in [0, 0.05) is 5.69 Å². The first-order chi connectivity index (χ1) is 15.1. The summed E-state index contributed by atoms with van der Waals surface area (Å²) in [5, 5.41) is 3.67. The average Bonchev–Trinajstić information content (AvgIpc) is 2.79. The monoisotopic (exact) mass is 429 g/mol. The molecule has 0 fully saturated rings. The molecule has 1 aromatic heterocycles. The summed E-state index contributed by atoms with van der Waals surface area (Å²) in [6, 6.07) is 24.4. The molecule has 0 radical (unpaired) electrons. The Balaban J connectivity index is 1.75. The molecule has 6 heteroatoms. The molecule has 1 unspecified atom stereocenters. The van der Waals surface area contributed by atoms with Gasteiger partial charge in [0.2, 0.25) is 5.91 Å². The van der Waals surface area contributed by atoms with Crippen LogP contribution in [0, 0.1) is 6.92 Å². The highest BCUT2D eigenvalue weighted by Gasteiger charge is 2.23. The number of aryl methyl sites for hydroxylation is 1. The molecule has 0 aliphatic rings. The highest BCUT2D eigenvalue weighted by molar-refractivity contribution is 8.00. The van der Waals surface area contributed by atoms with E-state index in [2.05, 4.69) is 5.32 Å². The average molecular weight is 430 g/mol. The first-order valence-corrected chi connectivity index (χ1v) is 11.1. The maximum Gasteiger partial charge on any atom is 0.266 e. The van der Waals surface area contributed by atoms with Crippen LogP contribution in [0.25, 0.3) is 16.6 Å². The number of aromatic nitrogens is 2. The molecule has 0 aliphatic heterocycles. The van der Waals surface area contributed by atoms with Gasteiger partial charge in [-0.25, -0.2) is 4.98 Å². The summed E-state index contributed by atoms with van der Waals surface area (Å²) in [5.41, 5.74) is 2.99. The minimum absolute atomic E-state index is 0.108. The van der Waals surface area contributed by atoms with Gasteiger partial charge in [-0.3, -0.25) is 14.2 Å². The smallest absolute Gasteiger partial charge is 0.266 e. The lowest BCUT2D eigenvalue weighted by Gasteiger charge is -2.18. The van der Waals surface area contributed by atoms with Crippen molar-refractivity contribution in [1.29, 1.82) is 0 Å². The predicted molar refractivity (Wildman–Crippen MR) is 127 cm³/mol. The fraction of sp³-hybridized carbons (Fsp3) is 0.160. The van der Waals surface area contributed by atoms with E-state index in [1.54, 1.807) is 10.6 Å². The van der Waals surface area contributed by atoms with E-state index in [1.165, 1.54) is 11.8 Å². The molecule has 3 aromatic carbocycles. The molecule has 0 bridgehead atoms. The molecule has 0 spiro atoms. The zero-order valence-electron chi connectivity index (χ0n) is 17.4. The summed E-state index contributed by atoms with van der Waals surface area (Å²) < 4.78 is 1.59. The minimum atomic E-state index is -0.400. The highest BCUT2D eigenvalue weighted by atomic mass is 32.2. The third-order valence-electron chi connectivity index (χ3n) is 5.07. The van der Waals surface area contributed by atoms with Crippen molar-refractivity contribution in [3.63, 3.8) is 0 Å². The second-order valence-corrected chi connectivity index (χ2v) is 8.38. The lowest BCUT2D eigenvalue weighted by Crippen LogP contribution is -2.27. The number of anilines is 1. The number of nitrogens with zero attached hydrogens (tertiary/aromatic N) is 2. The van der Waals surface area contributed by atoms with Gasteiger partial charge in [-0.2, -0.15) is 0 Å². The topological polar surface area (TPSA) is 64.0 Å². The summed E-state index contributed by atoms with van der Waals surface area (Å²) in [4.78, 5) is 31.1. The van der Waals surface area contributed by atoms with Crippen molar-refractivity contribution in [3.8, 4) is 5.69 Å². The van der Waals surface area contributed by atoms with Crippen LogP contribution in [0.2, 0.25) is 0 Å². The summed E-state index contributed by atoms with van der Waals surface area (Å²) in [5.74, 6) is -0.108. The number of hydrogen-bond donors (Lipinski definition) is 1. The Labute approximate surface area is 185 Å². The number of hydrogen-bond acceptors (Lipinski definition) is 4. The minimum Gasteiger partial charge on any atom is -0.325 e. The number of para-hydroxylation sites is 3. The molecule has 31 heavy (non-hydrogen) atoms. The zero-order chi connectivity index (χ0) is 21.8. The quantitative estimate of drug-likeness (QED) is 0.338. The van der Waals surface area contributed by atoms with E-state index in [9.17, 15) is 9.59 Å². The van der Waals surface area contributed by atoms with E-state index < -0.39 is 5.25 Å². The van der Waals surface area contributed by atoms with Gasteiger partial charge >= 0.3 is 0 Å². The molecule has 0 saturated heterocycles. The van der Waals surface area contributed by atoms with Crippen molar-refractivity contribution in [2.45, 2.75) is 30.7 Å². The Morgan fingerprint density at radius 2 is 1.68 bits per heavy atom. The van der Waals surface area contributed by atoms with Gasteiger partial charge in [-0.1, -0.05) is 67.2 Å². The normalized spacial score (nSPS) is 11.9. The number of carbonyl (C=O) groups is 1. The Bertz CT molecular complexity index is 1280. The molecular formula is C25H23N3O2S. The lowest BCUT2D eigenvalue weighted by atomic mass is 10.2. The first-order valence-electron chi connectivity index (χ1n) is 10.2. The van der Waals surface area contributed by atoms with E-state index >= 15 is 0 Å². The van der Waals surface area contributed by atoms with Crippen LogP contribution in [0.1, 0.15) is 18.9 Å². The number of fused-ring (bicyclic) bond motifs is 1. The summed E-state index contributed by atoms with van der Waals surface area (Å²) in [7, 11) is 0. The molecule has 5 nitrogen and oxygen atoms in total. The van der Waals surface area contributed by atoms with Crippen LogP contribution >= 0.6 is 11.8 Å². The van der Waals surface area contributed by atoms with E-state index in [-0.39, 0.29) is 11.5 Å². The third-order valence-corrected chi connectivity index (χ3v) is 6.39. The molecule has 0 aliphatic carbocycles. The van der Waals surface area contributed by atoms with E-state index in [1.807, 2.05) is 86.6 Å². The van der Waals surface area contributed by atoms with Crippen LogP contribution in [-0.2, 0) is 4.79 Å². The number of benzene rings is 3. The van der Waals surface area contributed by atoms with Crippen LogP contribution in [0.5, 0.6) is 0 Å². The van der Waals surface area contributed by atoms with Crippen molar-refractivity contribution in [2.24, 2.45) is 0 Å². The SMILES string of the molecule is CCC(Sc1nc2ccccc2c(=O)n1-c1ccccc1)C(=O)Nc1ccccc1C. The molecule has 4 aromatic rings. The van der Waals surface area contributed by atoms with E-state index in [0.717, 1.165) is 16.9 Å². The Kier molecular flexibility index (Phi) is 6.18. The predicted octanol–water partition coefficient (Wildman–Crippen LogP) is 5.20. The Morgan fingerprint density at radius 1 is 1.00 bits per heavy atom. The number of nitrogens with one attached hydrogen (secondary N) is 1. The van der Waals surface area contributed by atoms with Crippen molar-refractivity contribution in [2.75, 3.05) is 5.32 Å². The highest BCUT2D eigenvalue weighted by Crippen LogP contribution is 2.28. The molecule has 1 heterocycles. The van der Waals surface area contributed by atoms with Gasteiger partial charge in [0.05, 0.1) is 21.8 Å². The number of carbonyl (C=O) groups excluding carboxylic acids is 1. The van der Waals surface area contributed by atoms with Crippen molar-refractivity contribution >= 4 is 34.3 Å².